The quantitative estimate of drug-likeness (QED) is 0.858. The number of hydrogen-bond acceptors (Lipinski definition) is 3. The minimum Gasteiger partial charge on any atom is -0.465 e. The van der Waals surface area contributed by atoms with Gasteiger partial charge in [-0.05, 0) is 12.0 Å². The van der Waals surface area contributed by atoms with Gasteiger partial charge in [0, 0.05) is 38.8 Å². The van der Waals surface area contributed by atoms with Crippen molar-refractivity contribution >= 4 is 6.09 Å². The average molecular weight is 264 g/mol. The Morgan fingerprint density at radius 1 is 1.26 bits per heavy atom. The second-order valence-corrected chi connectivity index (χ2v) is 4.86. The van der Waals surface area contributed by atoms with Gasteiger partial charge in [0.2, 0.25) is 0 Å². The van der Waals surface area contributed by atoms with Crippen LogP contribution in [0.1, 0.15) is 12.0 Å². The molecule has 1 aromatic carbocycles. The Morgan fingerprint density at radius 3 is 2.63 bits per heavy atom. The maximum absolute atomic E-state index is 11.1. The van der Waals surface area contributed by atoms with E-state index in [1.165, 1.54) is 10.5 Å². The summed E-state index contributed by atoms with van der Waals surface area (Å²) >= 11 is 0. The predicted molar refractivity (Wildman–Crippen MR) is 71.9 cm³/mol. The van der Waals surface area contributed by atoms with Gasteiger partial charge in [-0.3, -0.25) is 4.90 Å². The zero-order chi connectivity index (χ0) is 13.7. The fourth-order valence-electron chi connectivity index (χ4n) is 2.55. The summed E-state index contributed by atoms with van der Waals surface area (Å²) in [6.07, 6.45) is -0.393. The molecule has 19 heavy (non-hydrogen) atoms. The van der Waals surface area contributed by atoms with Gasteiger partial charge >= 0.3 is 6.09 Å². The van der Waals surface area contributed by atoms with Crippen molar-refractivity contribution in [2.45, 2.75) is 19.0 Å². The molecule has 0 radical (unpaired) electrons. The van der Waals surface area contributed by atoms with Crippen molar-refractivity contribution in [3.05, 3.63) is 35.9 Å². The molecule has 0 aliphatic carbocycles. The fourth-order valence-corrected chi connectivity index (χ4v) is 2.55. The Balaban J connectivity index is 1.96. The molecule has 5 heteroatoms. The number of benzene rings is 1. The average Bonchev–Trinajstić information content (AvgIpc) is 2.40. The number of aliphatic hydroxyl groups excluding tert-OH is 1. The van der Waals surface area contributed by atoms with Crippen molar-refractivity contribution in [1.82, 2.24) is 9.80 Å². The Hall–Kier alpha value is -1.59. The van der Waals surface area contributed by atoms with Gasteiger partial charge in [0.05, 0.1) is 0 Å². The second kappa shape index (κ2) is 6.54. The highest BCUT2D eigenvalue weighted by Gasteiger charge is 2.29. The summed E-state index contributed by atoms with van der Waals surface area (Å²) in [7, 11) is 0. The highest BCUT2D eigenvalue weighted by Crippen LogP contribution is 2.15. The van der Waals surface area contributed by atoms with Crippen LogP contribution in [-0.2, 0) is 6.54 Å². The topological polar surface area (TPSA) is 64.0 Å². The maximum atomic E-state index is 11.1. The SMILES string of the molecule is O=C(O)N1CCN(Cc2ccccc2)C[C@@H]1CCO. The first kappa shape index (κ1) is 13.8. The molecule has 1 saturated heterocycles. The third-order valence-electron chi connectivity index (χ3n) is 3.52. The molecule has 0 unspecified atom stereocenters. The number of hydrogen-bond donors (Lipinski definition) is 2. The van der Waals surface area contributed by atoms with Crippen LogP contribution in [0, 0.1) is 0 Å². The number of nitrogens with zero attached hydrogens (tertiary/aromatic N) is 2. The predicted octanol–water partition coefficient (Wildman–Crippen LogP) is 1.23. The zero-order valence-corrected chi connectivity index (χ0v) is 10.9. The molecule has 1 atom stereocenters. The molecule has 0 spiro atoms. The first-order valence-corrected chi connectivity index (χ1v) is 6.57. The van der Waals surface area contributed by atoms with Crippen LogP contribution >= 0.6 is 0 Å². The molecule has 1 fully saturated rings. The first-order valence-electron chi connectivity index (χ1n) is 6.57. The zero-order valence-electron chi connectivity index (χ0n) is 10.9. The standard InChI is InChI=1S/C14H20N2O3/c17-9-6-13-11-15(7-8-16(13)14(18)19)10-12-4-2-1-3-5-12/h1-5,13,17H,6-11H2,(H,18,19)/t13-/m0/s1. The lowest BCUT2D eigenvalue weighted by atomic mass is 10.1. The van der Waals surface area contributed by atoms with E-state index in [1.54, 1.807) is 0 Å². The Bertz CT molecular complexity index is 410. The fraction of sp³-hybridized carbons (Fsp3) is 0.500. The molecule has 2 rings (SSSR count). The van der Waals surface area contributed by atoms with Gasteiger partial charge in [-0.2, -0.15) is 0 Å². The van der Waals surface area contributed by atoms with E-state index in [0.29, 0.717) is 19.5 Å². The van der Waals surface area contributed by atoms with Crippen molar-refractivity contribution in [3.63, 3.8) is 0 Å². The first-order chi connectivity index (χ1) is 9.20. The van der Waals surface area contributed by atoms with Gasteiger partial charge in [0.25, 0.3) is 0 Å². The van der Waals surface area contributed by atoms with E-state index in [-0.39, 0.29) is 12.6 Å². The summed E-state index contributed by atoms with van der Waals surface area (Å²) in [6.45, 7) is 2.78. The highest BCUT2D eigenvalue weighted by molar-refractivity contribution is 5.65. The van der Waals surface area contributed by atoms with Gasteiger partial charge in [0.15, 0.2) is 0 Å². The van der Waals surface area contributed by atoms with Crippen molar-refractivity contribution in [1.29, 1.82) is 0 Å². The molecule has 1 aliphatic rings. The number of amides is 1. The number of carboxylic acid groups (broad SMARTS) is 1. The van der Waals surface area contributed by atoms with E-state index in [0.717, 1.165) is 13.1 Å². The smallest absolute Gasteiger partial charge is 0.407 e. The Morgan fingerprint density at radius 2 is 2.00 bits per heavy atom. The van der Waals surface area contributed by atoms with Crippen LogP contribution in [0.25, 0.3) is 0 Å². The van der Waals surface area contributed by atoms with Gasteiger partial charge in [-0.25, -0.2) is 4.79 Å². The van der Waals surface area contributed by atoms with Gasteiger partial charge in [0.1, 0.15) is 0 Å². The van der Waals surface area contributed by atoms with Crippen molar-refractivity contribution in [2.24, 2.45) is 0 Å². The lowest BCUT2D eigenvalue weighted by molar-refractivity contribution is 0.0539. The second-order valence-electron chi connectivity index (χ2n) is 4.86. The van der Waals surface area contributed by atoms with Crippen molar-refractivity contribution < 1.29 is 15.0 Å². The molecule has 0 bridgehead atoms. The normalized spacial score (nSPS) is 20.5. The number of rotatable bonds is 4. The van der Waals surface area contributed by atoms with E-state index in [2.05, 4.69) is 17.0 Å². The summed E-state index contributed by atoms with van der Waals surface area (Å²) in [6, 6.07) is 10.0. The molecule has 1 aliphatic heterocycles. The van der Waals surface area contributed by atoms with E-state index in [1.807, 2.05) is 18.2 Å². The largest absolute Gasteiger partial charge is 0.465 e. The molecule has 1 aromatic rings. The van der Waals surface area contributed by atoms with Crippen LogP contribution in [0.15, 0.2) is 30.3 Å². The van der Waals surface area contributed by atoms with E-state index >= 15 is 0 Å². The lowest BCUT2D eigenvalue weighted by Gasteiger charge is -2.39. The summed E-state index contributed by atoms with van der Waals surface area (Å²) in [5.74, 6) is 0. The number of carbonyl (C=O) groups is 1. The highest BCUT2D eigenvalue weighted by atomic mass is 16.4. The van der Waals surface area contributed by atoms with Gasteiger partial charge in [-0.15, -0.1) is 0 Å². The van der Waals surface area contributed by atoms with Crippen LogP contribution < -0.4 is 0 Å². The molecule has 1 amide bonds. The number of piperazine rings is 1. The van der Waals surface area contributed by atoms with Crippen molar-refractivity contribution in [2.75, 3.05) is 26.2 Å². The third kappa shape index (κ3) is 3.68. The monoisotopic (exact) mass is 264 g/mol. The maximum Gasteiger partial charge on any atom is 0.407 e. The lowest BCUT2D eigenvalue weighted by Crippen LogP contribution is -2.54. The van der Waals surface area contributed by atoms with E-state index in [9.17, 15) is 4.79 Å². The molecule has 0 aromatic heterocycles. The summed E-state index contributed by atoms with van der Waals surface area (Å²) in [5, 5.41) is 18.2. The van der Waals surface area contributed by atoms with Crippen molar-refractivity contribution in [3.8, 4) is 0 Å². The van der Waals surface area contributed by atoms with Crippen LogP contribution in [0.4, 0.5) is 4.79 Å². The minimum absolute atomic E-state index is 0.0215. The molecule has 104 valence electrons. The summed E-state index contributed by atoms with van der Waals surface area (Å²) < 4.78 is 0. The summed E-state index contributed by atoms with van der Waals surface area (Å²) in [5.41, 5.74) is 1.23. The molecule has 0 saturated carbocycles. The molecule has 2 N–H and O–H groups in total. The van der Waals surface area contributed by atoms with Crippen LogP contribution in [0.5, 0.6) is 0 Å². The van der Waals surface area contributed by atoms with Crippen LogP contribution in [-0.4, -0.2) is 58.4 Å². The van der Waals surface area contributed by atoms with E-state index in [4.69, 9.17) is 10.2 Å². The van der Waals surface area contributed by atoms with Gasteiger partial charge < -0.3 is 15.1 Å². The minimum atomic E-state index is -0.891. The molecule has 5 nitrogen and oxygen atoms in total. The Labute approximate surface area is 113 Å². The third-order valence-corrected chi connectivity index (χ3v) is 3.52. The summed E-state index contributed by atoms with van der Waals surface area (Å²) in [4.78, 5) is 14.8. The molecular weight excluding hydrogens is 244 g/mol. The van der Waals surface area contributed by atoms with Crippen LogP contribution in [0.2, 0.25) is 0 Å². The van der Waals surface area contributed by atoms with E-state index < -0.39 is 6.09 Å². The van der Waals surface area contributed by atoms with Gasteiger partial charge in [-0.1, -0.05) is 30.3 Å². The Kier molecular flexibility index (Phi) is 4.76. The number of aliphatic hydroxyl groups is 1. The molecular formula is C14H20N2O3. The van der Waals surface area contributed by atoms with Crippen LogP contribution in [0.3, 0.4) is 0 Å². The molecule has 1 heterocycles.